The number of likely N-dealkylation sites (tertiary alicyclic amines) is 1. The molecule has 0 saturated carbocycles. The topological polar surface area (TPSA) is 32.5 Å². The largest absolute Gasteiger partial charge is 0.400 e. The van der Waals surface area contributed by atoms with Gasteiger partial charge < -0.3 is 15.5 Å². The summed E-state index contributed by atoms with van der Waals surface area (Å²) < 4.78 is 0. The Bertz CT molecular complexity index is 282. The van der Waals surface area contributed by atoms with Gasteiger partial charge in [-0.15, -0.1) is 12.6 Å². The third-order valence-corrected chi connectivity index (χ3v) is 4.52. The quantitative estimate of drug-likeness (QED) is 0.718. The zero-order valence-corrected chi connectivity index (χ0v) is 11.2. The van der Waals surface area contributed by atoms with Gasteiger partial charge in [-0.05, 0) is 39.4 Å². The van der Waals surface area contributed by atoms with Crippen LogP contribution in [0.3, 0.4) is 0 Å². The molecule has 2 aliphatic heterocycles. The molecule has 16 heavy (non-hydrogen) atoms. The van der Waals surface area contributed by atoms with Crippen LogP contribution in [0.1, 0.15) is 26.2 Å². The maximum atomic E-state index is 6.11. The molecule has 0 bridgehead atoms. The molecule has 2 aliphatic rings. The first-order valence-corrected chi connectivity index (χ1v) is 6.72. The maximum Gasteiger partial charge on any atom is 0.0874 e. The molecule has 0 aromatic rings. The Morgan fingerprint density at radius 3 is 2.50 bits per heavy atom. The molecule has 1 atom stereocenters. The van der Waals surface area contributed by atoms with Gasteiger partial charge in [-0.1, -0.05) is 6.92 Å². The SMILES string of the molecule is CCC1CN(C2CCN(C)CC2)C(S)=C1N. The minimum absolute atomic E-state index is 0.521. The Balaban J connectivity index is 2.01. The first kappa shape index (κ1) is 12.1. The van der Waals surface area contributed by atoms with Crippen molar-refractivity contribution in [2.75, 3.05) is 26.7 Å². The lowest BCUT2D eigenvalue weighted by molar-refractivity contribution is 0.158. The molecule has 2 N–H and O–H groups in total. The standard InChI is InChI=1S/C12H23N3S/c1-3-9-8-15(12(16)11(9)13)10-4-6-14(2)7-5-10/h9-10,16H,3-8,13H2,1-2H3. The maximum absolute atomic E-state index is 6.11. The minimum Gasteiger partial charge on any atom is -0.400 e. The van der Waals surface area contributed by atoms with E-state index < -0.39 is 0 Å². The first-order valence-electron chi connectivity index (χ1n) is 6.27. The van der Waals surface area contributed by atoms with Gasteiger partial charge in [0.2, 0.25) is 0 Å². The third kappa shape index (κ3) is 2.18. The van der Waals surface area contributed by atoms with E-state index in [0.29, 0.717) is 12.0 Å². The molecular formula is C12H23N3S. The highest BCUT2D eigenvalue weighted by molar-refractivity contribution is 7.84. The van der Waals surface area contributed by atoms with Crippen LogP contribution in [0.2, 0.25) is 0 Å². The van der Waals surface area contributed by atoms with Crippen LogP contribution in [0.5, 0.6) is 0 Å². The molecule has 1 unspecified atom stereocenters. The number of hydrogen-bond donors (Lipinski definition) is 2. The summed E-state index contributed by atoms with van der Waals surface area (Å²) in [4.78, 5) is 4.83. The number of nitrogens with two attached hydrogens (primary N) is 1. The average Bonchev–Trinajstić information content (AvgIpc) is 2.57. The van der Waals surface area contributed by atoms with E-state index in [2.05, 4.69) is 36.4 Å². The van der Waals surface area contributed by atoms with Gasteiger partial charge in [0, 0.05) is 24.2 Å². The van der Waals surface area contributed by atoms with E-state index in [-0.39, 0.29) is 0 Å². The van der Waals surface area contributed by atoms with E-state index in [1.807, 2.05) is 0 Å². The van der Waals surface area contributed by atoms with E-state index in [9.17, 15) is 0 Å². The summed E-state index contributed by atoms with van der Waals surface area (Å²) >= 11 is 4.60. The normalized spacial score (nSPS) is 29.2. The highest BCUT2D eigenvalue weighted by Gasteiger charge is 2.32. The lowest BCUT2D eigenvalue weighted by Gasteiger charge is -2.36. The highest BCUT2D eigenvalue weighted by Crippen LogP contribution is 2.33. The number of nitrogens with zero attached hydrogens (tertiary/aromatic N) is 2. The van der Waals surface area contributed by atoms with Crippen LogP contribution >= 0.6 is 12.6 Å². The summed E-state index contributed by atoms with van der Waals surface area (Å²) in [5.74, 6) is 0.521. The smallest absolute Gasteiger partial charge is 0.0874 e. The molecule has 2 rings (SSSR count). The zero-order valence-electron chi connectivity index (χ0n) is 10.3. The van der Waals surface area contributed by atoms with Crippen molar-refractivity contribution in [3.63, 3.8) is 0 Å². The number of hydrogen-bond acceptors (Lipinski definition) is 4. The molecule has 2 heterocycles. The zero-order chi connectivity index (χ0) is 11.7. The van der Waals surface area contributed by atoms with Gasteiger partial charge in [0.1, 0.15) is 0 Å². The summed E-state index contributed by atoms with van der Waals surface area (Å²) in [7, 11) is 2.20. The predicted octanol–water partition coefficient (Wildman–Crippen LogP) is 1.48. The number of piperidine rings is 1. The van der Waals surface area contributed by atoms with Gasteiger partial charge in [-0.25, -0.2) is 0 Å². The van der Waals surface area contributed by atoms with Crippen LogP contribution in [0.15, 0.2) is 10.7 Å². The Morgan fingerprint density at radius 1 is 1.38 bits per heavy atom. The molecular weight excluding hydrogens is 218 g/mol. The minimum atomic E-state index is 0.521. The second-order valence-corrected chi connectivity index (χ2v) is 5.49. The predicted molar refractivity (Wildman–Crippen MR) is 71.2 cm³/mol. The van der Waals surface area contributed by atoms with Crippen molar-refractivity contribution in [1.82, 2.24) is 9.80 Å². The Kier molecular flexibility index (Phi) is 3.70. The van der Waals surface area contributed by atoms with Crippen LogP contribution < -0.4 is 5.73 Å². The van der Waals surface area contributed by atoms with Gasteiger partial charge in [0.25, 0.3) is 0 Å². The highest BCUT2D eigenvalue weighted by atomic mass is 32.1. The molecule has 0 aromatic heterocycles. The summed E-state index contributed by atoms with van der Waals surface area (Å²) in [6, 6.07) is 0.652. The van der Waals surface area contributed by atoms with Crippen molar-refractivity contribution in [2.24, 2.45) is 11.7 Å². The fourth-order valence-electron chi connectivity index (χ4n) is 2.75. The van der Waals surface area contributed by atoms with Gasteiger partial charge in [0.05, 0.1) is 5.03 Å². The number of thiol groups is 1. The molecule has 1 fully saturated rings. The van der Waals surface area contributed by atoms with Crippen molar-refractivity contribution in [1.29, 1.82) is 0 Å². The van der Waals surface area contributed by atoms with Crippen molar-refractivity contribution < 1.29 is 0 Å². The second-order valence-electron chi connectivity index (χ2n) is 5.07. The van der Waals surface area contributed by atoms with Crippen LogP contribution in [-0.4, -0.2) is 42.5 Å². The fraction of sp³-hybridized carbons (Fsp3) is 0.833. The van der Waals surface area contributed by atoms with E-state index >= 15 is 0 Å². The lowest BCUT2D eigenvalue weighted by Crippen LogP contribution is -2.42. The second kappa shape index (κ2) is 4.88. The molecule has 0 spiro atoms. The molecule has 1 saturated heterocycles. The van der Waals surface area contributed by atoms with Crippen molar-refractivity contribution >= 4 is 12.6 Å². The molecule has 0 aromatic carbocycles. The van der Waals surface area contributed by atoms with Gasteiger partial charge >= 0.3 is 0 Å². The van der Waals surface area contributed by atoms with E-state index in [1.165, 1.54) is 25.9 Å². The molecule has 4 heteroatoms. The molecule has 0 amide bonds. The summed E-state index contributed by atoms with van der Waals surface area (Å²) in [5.41, 5.74) is 7.11. The van der Waals surface area contributed by atoms with E-state index in [0.717, 1.165) is 23.7 Å². The van der Waals surface area contributed by atoms with Gasteiger partial charge in [-0.2, -0.15) is 0 Å². The van der Waals surface area contributed by atoms with Crippen LogP contribution in [0.4, 0.5) is 0 Å². The first-order chi connectivity index (χ1) is 7.63. The molecule has 92 valence electrons. The third-order valence-electron chi connectivity index (χ3n) is 4.01. The fourth-order valence-corrected chi connectivity index (χ4v) is 3.18. The van der Waals surface area contributed by atoms with Gasteiger partial charge in [0.15, 0.2) is 0 Å². The lowest BCUT2D eigenvalue weighted by atomic mass is 10.0. The monoisotopic (exact) mass is 241 g/mol. The van der Waals surface area contributed by atoms with Crippen molar-refractivity contribution in [3.8, 4) is 0 Å². The van der Waals surface area contributed by atoms with E-state index in [1.54, 1.807) is 0 Å². The average molecular weight is 241 g/mol. The Labute approximate surface area is 104 Å². The molecule has 3 nitrogen and oxygen atoms in total. The summed E-state index contributed by atoms with van der Waals surface area (Å²) in [6.07, 6.45) is 3.60. The van der Waals surface area contributed by atoms with Crippen LogP contribution in [0.25, 0.3) is 0 Å². The van der Waals surface area contributed by atoms with Crippen molar-refractivity contribution in [2.45, 2.75) is 32.2 Å². The Morgan fingerprint density at radius 2 is 2.00 bits per heavy atom. The molecule has 0 radical (unpaired) electrons. The summed E-state index contributed by atoms with van der Waals surface area (Å²) in [5, 5.41) is 1.04. The summed E-state index contributed by atoms with van der Waals surface area (Å²) in [6.45, 7) is 5.67. The van der Waals surface area contributed by atoms with Crippen molar-refractivity contribution in [3.05, 3.63) is 10.7 Å². The Hall–Kier alpha value is -0.350. The van der Waals surface area contributed by atoms with Crippen LogP contribution in [0, 0.1) is 5.92 Å². The van der Waals surface area contributed by atoms with Crippen LogP contribution in [-0.2, 0) is 0 Å². The van der Waals surface area contributed by atoms with E-state index in [4.69, 9.17) is 5.73 Å². The van der Waals surface area contributed by atoms with Gasteiger partial charge in [-0.3, -0.25) is 0 Å². The number of rotatable bonds is 2. The molecule has 0 aliphatic carbocycles.